The fourth-order valence-electron chi connectivity index (χ4n) is 2.38. The van der Waals surface area contributed by atoms with Gasteiger partial charge in [0.2, 0.25) is 10.0 Å². The molecule has 106 valence electrons. The first-order valence-corrected chi connectivity index (χ1v) is 7.78. The number of aryl methyl sites for hydroxylation is 1. The monoisotopic (exact) mass is 293 g/mol. The third-order valence-corrected chi connectivity index (χ3v) is 5.43. The number of aromatic amines is 2. The van der Waals surface area contributed by atoms with Crippen molar-refractivity contribution in [3.05, 3.63) is 51.4 Å². The lowest BCUT2D eigenvalue weighted by Gasteiger charge is -2.25. The summed E-state index contributed by atoms with van der Waals surface area (Å²) in [6.07, 6.45) is 0.430. The van der Waals surface area contributed by atoms with Gasteiger partial charge in [-0.1, -0.05) is 17.7 Å². The Morgan fingerprint density at radius 2 is 1.85 bits per heavy atom. The molecule has 0 saturated carbocycles. The molecule has 1 aromatic heterocycles. The van der Waals surface area contributed by atoms with Gasteiger partial charge in [-0.2, -0.15) is 4.31 Å². The number of hydrogen-bond acceptors (Lipinski definition) is 3. The van der Waals surface area contributed by atoms with Crippen LogP contribution in [0.15, 0.2) is 34.0 Å². The minimum Gasteiger partial charge on any atom is -0.301 e. The van der Waals surface area contributed by atoms with Crippen molar-refractivity contribution in [3.8, 4) is 0 Å². The molecule has 0 unspecified atom stereocenters. The van der Waals surface area contributed by atoms with Crippen molar-refractivity contribution in [3.63, 3.8) is 0 Å². The van der Waals surface area contributed by atoms with Crippen molar-refractivity contribution < 1.29 is 8.42 Å². The van der Waals surface area contributed by atoms with Gasteiger partial charge in [-0.3, -0.25) is 9.89 Å². The Morgan fingerprint density at radius 1 is 1.15 bits per heavy atom. The second kappa shape index (κ2) is 4.60. The van der Waals surface area contributed by atoms with E-state index >= 15 is 0 Å². The summed E-state index contributed by atoms with van der Waals surface area (Å²) in [6.45, 7) is 2.43. The maximum atomic E-state index is 12.5. The number of sulfonamides is 1. The fraction of sp³-hybridized carbons (Fsp3) is 0.308. The predicted molar refractivity (Wildman–Crippen MR) is 73.9 cm³/mol. The summed E-state index contributed by atoms with van der Waals surface area (Å²) in [5, 5.41) is 5.24. The summed E-state index contributed by atoms with van der Waals surface area (Å²) in [6, 6.07) is 6.78. The number of hydrogen-bond donors (Lipinski definition) is 2. The molecule has 1 aliphatic heterocycles. The van der Waals surface area contributed by atoms with Crippen LogP contribution in [0.2, 0.25) is 0 Å². The third-order valence-electron chi connectivity index (χ3n) is 3.57. The maximum absolute atomic E-state index is 12.5. The van der Waals surface area contributed by atoms with Crippen LogP contribution in [0.4, 0.5) is 0 Å². The molecule has 20 heavy (non-hydrogen) atoms. The van der Waals surface area contributed by atoms with Gasteiger partial charge in [0.1, 0.15) is 0 Å². The molecule has 0 spiro atoms. The van der Waals surface area contributed by atoms with Crippen molar-refractivity contribution in [2.45, 2.75) is 24.8 Å². The fourth-order valence-corrected chi connectivity index (χ4v) is 3.78. The number of benzene rings is 1. The van der Waals surface area contributed by atoms with Crippen molar-refractivity contribution in [2.75, 3.05) is 6.54 Å². The number of H-pyrrole nitrogens is 2. The molecule has 2 heterocycles. The van der Waals surface area contributed by atoms with E-state index in [4.69, 9.17) is 0 Å². The normalized spacial score (nSPS) is 16.1. The lowest BCUT2D eigenvalue weighted by molar-refractivity contribution is 0.387. The first kappa shape index (κ1) is 13.1. The largest absolute Gasteiger partial charge is 0.301 e. The first-order valence-electron chi connectivity index (χ1n) is 6.34. The van der Waals surface area contributed by atoms with E-state index in [1.165, 1.54) is 4.31 Å². The van der Waals surface area contributed by atoms with E-state index in [2.05, 4.69) is 10.2 Å². The molecule has 0 aliphatic carbocycles. The molecule has 7 heteroatoms. The highest BCUT2D eigenvalue weighted by molar-refractivity contribution is 7.89. The van der Waals surface area contributed by atoms with Crippen LogP contribution in [0.25, 0.3) is 0 Å². The molecular weight excluding hydrogens is 278 g/mol. The highest BCUT2D eigenvalue weighted by Gasteiger charge is 2.30. The Labute approximate surface area is 116 Å². The van der Waals surface area contributed by atoms with Gasteiger partial charge in [0, 0.05) is 12.1 Å². The van der Waals surface area contributed by atoms with Gasteiger partial charge in [-0.05, 0) is 25.5 Å². The first-order chi connectivity index (χ1) is 9.48. The average Bonchev–Trinajstić information content (AvgIpc) is 2.80. The van der Waals surface area contributed by atoms with E-state index in [1.807, 2.05) is 6.92 Å². The maximum Gasteiger partial charge on any atom is 0.267 e. The highest BCUT2D eigenvalue weighted by Crippen LogP contribution is 2.22. The van der Waals surface area contributed by atoms with Crippen LogP contribution >= 0.6 is 0 Å². The standard InChI is InChI=1S/C13H15N3O3S/c1-9-2-4-10(5-3-9)20(18,19)16-7-6-11-12(8-16)14-15-13(11)17/h2-5H,6-8H2,1H3,(H2,14,15,17). The summed E-state index contributed by atoms with van der Waals surface area (Å²) in [7, 11) is -3.51. The Morgan fingerprint density at radius 3 is 2.55 bits per heavy atom. The number of aromatic nitrogens is 2. The van der Waals surface area contributed by atoms with E-state index in [1.54, 1.807) is 24.3 Å². The zero-order chi connectivity index (χ0) is 14.3. The van der Waals surface area contributed by atoms with Gasteiger partial charge in [-0.15, -0.1) is 0 Å². The van der Waals surface area contributed by atoms with Gasteiger partial charge in [0.15, 0.2) is 0 Å². The highest BCUT2D eigenvalue weighted by atomic mass is 32.2. The second-order valence-corrected chi connectivity index (χ2v) is 6.88. The Kier molecular flexibility index (Phi) is 3.02. The molecule has 0 amide bonds. The molecule has 0 bridgehead atoms. The lowest BCUT2D eigenvalue weighted by atomic mass is 10.1. The molecule has 1 aliphatic rings. The van der Waals surface area contributed by atoms with E-state index in [9.17, 15) is 13.2 Å². The van der Waals surface area contributed by atoms with E-state index < -0.39 is 10.0 Å². The third kappa shape index (κ3) is 2.08. The summed E-state index contributed by atoms with van der Waals surface area (Å²) < 4.78 is 26.5. The van der Waals surface area contributed by atoms with Crippen molar-refractivity contribution in [2.24, 2.45) is 0 Å². The Balaban J connectivity index is 1.94. The molecular formula is C13H15N3O3S. The molecule has 3 rings (SSSR count). The van der Waals surface area contributed by atoms with Crippen LogP contribution in [0.3, 0.4) is 0 Å². The van der Waals surface area contributed by atoms with E-state index in [0.717, 1.165) is 5.56 Å². The van der Waals surface area contributed by atoms with Crippen LogP contribution in [0.5, 0.6) is 0 Å². The van der Waals surface area contributed by atoms with Gasteiger partial charge in [-0.25, -0.2) is 8.42 Å². The minimum atomic E-state index is -3.51. The molecule has 1 aromatic carbocycles. The van der Waals surface area contributed by atoms with Crippen LogP contribution in [0.1, 0.15) is 16.8 Å². The number of rotatable bonds is 2. The molecule has 0 fully saturated rings. The van der Waals surface area contributed by atoms with Gasteiger partial charge >= 0.3 is 0 Å². The molecule has 2 aromatic rings. The molecule has 0 radical (unpaired) electrons. The smallest absolute Gasteiger partial charge is 0.267 e. The second-order valence-electron chi connectivity index (χ2n) is 4.94. The van der Waals surface area contributed by atoms with Crippen LogP contribution in [-0.4, -0.2) is 29.5 Å². The summed E-state index contributed by atoms with van der Waals surface area (Å²) in [5.74, 6) is 0. The van der Waals surface area contributed by atoms with Gasteiger partial charge in [0.25, 0.3) is 5.56 Å². The van der Waals surface area contributed by atoms with Crippen LogP contribution in [0, 0.1) is 6.92 Å². The van der Waals surface area contributed by atoms with Crippen molar-refractivity contribution in [1.82, 2.24) is 14.5 Å². The number of fused-ring (bicyclic) bond motifs is 1. The van der Waals surface area contributed by atoms with Gasteiger partial charge < -0.3 is 5.10 Å². The van der Waals surface area contributed by atoms with Crippen molar-refractivity contribution in [1.29, 1.82) is 0 Å². The quantitative estimate of drug-likeness (QED) is 0.857. The zero-order valence-corrected chi connectivity index (χ0v) is 11.8. The Bertz CT molecular complexity index is 787. The van der Waals surface area contributed by atoms with E-state index in [0.29, 0.717) is 24.2 Å². The predicted octanol–water partition coefficient (Wildman–Crippen LogP) is 0.758. The minimum absolute atomic E-state index is 0.160. The molecule has 0 atom stereocenters. The van der Waals surface area contributed by atoms with Crippen LogP contribution < -0.4 is 5.56 Å². The SMILES string of the molecule is Cc1ccc(S(=O)(=O)N2CCc3c([nH][nH]c3=O)C2)cc1. The average molecular weight is 293 g/mol. The topological polar surface area (TPSA) is 86.0 Å². The molecule has 6 nitrogen and oxygen atoms in total. The number of nitrogens with one attached hydrogen (secondary N) is 2. The summed E-state index contributed by atoms with van der Waals surface area (Å²) in [5.41, 5.74) is 2.16. The number of nitrogens with zero attached hydrogens (tertiary/aromatic N) is 1. The van der Waals surface area contributed by atoms with E-state index in [-0.39, 0.29) is 17.0 Å². The summed E-state index contributed by atoms with van der Waals surface area (Å²) in [4.78, 5) is 11.8. The lowest BCUT2D eigenvalue weighted by Crippen LogP contribution is -2.36. The van der Waals surface area contributed by atoms with Gasteiger partial charge in [0.05, 0.1) is 17.1 Å². The molecule has 2 N–H and O–H groups in total. The Hall–Kier alpha value is -1.86. The van der Waals surface area contributed by atoms with Crippen molar-refractivity contribution >= 4 is 10.0 Å². The zero-order valence-electron chi connectivity index (χ0n) is 11.0. The van der Waals surface area contributed by atoms with Crippen LogP contribution in [-0.2, 0) is 23.0 Å². The summed E-state index contributed by atoms with van der Waals surface area (Å²) >= 11 is 0. The molecule has 0 saturated heterocycles.